The fraction of sp³-hybridized carbons (Fsp3) is 0.0833. The van der Waals surface area contributed by atoms with Crippen LogP contribution < -0.4 is 4.72 Å². The third-order valence-electron chi connectivity index (χ3n) is 2.52. The number of hydrogen-bond donors (Lipinski definition) is 2. The Balaban J connectivity index is 2.43. The molecule has 5 nitrogen and oxygen atoms in total. The average Bonchev–Trinajstić information content (AvgIpc) is 2.77. The zero-order valence-electron chi connectivity index (χ0n) is 10.6. The molecule has 1 aromatic heterocycles. The maximum atomic E-state index is 13.6. The standard InChI is InChI=1S/C12H9BrFNO4S2/c1-6-2-3-7(14)8(4-6)15-21(18,19)10-5-9(12(16)17)20-11(10)13/h2-5,15H,1H3,(H,16,17). The number of nitrogens with one attached hydrogen (secondary N) is 1. The first-order chi connectivity index (χ1) is 9.70. The lowest BCUT2D eigenvalue weighted by molar-refractivity contribution is 0.0702. The number of halogens is 2. The van der Waals surface area contributed by atoms with Gasteiger partial charge < -0.3 is 5.11 Å². The van der Waals surface area contributed by atoms with Crippen LogP contribution in [0.3, 0.4) is 0 Å². The summed E-state index contributed by atoms with van der Waals surface area (Å²) in [5.41, 5.74) is 0.495. The van der Waals surface area contributed by atoms with Crippen molar-refractivity contribution in [1.29, 1.82) is 0 Å². The summed E-state index contributed by atoms with van der Waals surface area (Å²) < 4.78 is 40.3. The molecule has 112 valence electrons. The van der Waals surface area contributed by atoms with Gasteiger partial charge in [0.15, 0.2) is 0 Å². The van der Waals surface area contributed by atoms with Gasteiger partial charge in [0.2, 0.25) is 0 Å². The highest BCUT2D eigenvalue weighted by molar-refractivity contribution is 9.11. The van der Waals surface area contributed by atoms with Gasteiger partial charge in [-0.2, -0.15) is 0 Å². The monoisotopic (exact) mass is 393 g/mol. The number of benzene rings is 1. The van der Waals surface area contributed by atoms with Gasteiger partial charge in [0, 0.05) is 0 Å². The van der Waals surface area contributed by atoms with Crippen LogP contribution in [0.25, 0.3) is 0 Å². The van der Waals surface area contributed by atoms with Gasteiger partial charge in [-0.05, 0) is 46.6 Å². The van der Waals surface area contributed by atoms with Gasteiger partial charge in [-0.25, -0.2) is 17.6 Å². The molecule has 1 heterocycles. The lowest BCUT2D eigenvalue weighted by atomic mass is 10.2. The van der Waals surface area contributed by atoms with E-state index < -0.39 is 21.8 Å². The van der Waals surface area contributed by atoms with E-state index in [2.05, 4.69) is 20.7 Å². The Morgan fingerprint density at radius 3 is 2.62 bits per heavy atom. The molecule has 0 aliphatic heterocycles. The van der Waals surface area contributed by atoms with Crippen molar-refractivity contribution in [2.75, 3.05) is 4.72 Å². The molecule has 1 aromatic carbocycles. The molecule has 0 fully saturated rings. The Labute approximate surface area is 132 Å². The van der Waals surface area contributed by atoms with Crippen molar-refractivity contribution in [1.82, 2.24) is 0 Å². The van der Waals surface area contributed by atoms with Crippen molar-refractivity contribution in [3.63, 3.8) is 0 Å². The summed E-state index contributed by atoms with van der Waals surface area (Å²) in [6.07, 6.45) is 0. The van der Waals surface area contributed by atoms with E-state index in [1.165, 1.54) is 12.1 Å². The van der Waals surface area contributed by atoms with E-state index in [0.29, 0.717) is 5.56 Å². The molecule has 0 aliphatic carbocycles. The average molecular weight is 394 g/mol. The van der Waals surface area contributed by atoms with E-state index >= 15 is 0 Å². The molecule has 21 heavy (non-hydrogen) atoms. The maximum absolute atomic E-state index is 13.6. The maximum Gasteiger partial charge on any atom is 0.345 e. The van der Waals surface area contributed by atoms with Crippen LogP contribution in [0, 0.1) is 12.7 Å². The molecule has 0 aliphatic rings. The molecule has 2 aromatic rings. The summed E-state index contributed by atoms with van der Waals surface area (Å²) in [5.74, 6) is -1.95. The minimum Gasteiger partial charge on any atom is -0.477 e. The van der Waals surface area contributed by atoms with Crippen LogP contribution >= 0.6 is 27.3 Å². The van der Waals surface area contributed by atoms with Gasteiger partial charge >= 0.3 is 5.97 Å². The topological polar surface area (TPSA) is 83.5 Å². The number of hydrogen-bond acceptors (Lipinski definition) is 4. The van der Waals surface area contributed by atoms with E-state index in [4.69, 9.17) is 5.11 Å². The van der Waals surface area contributed by atoms with E-state index in [0.717, 1.165) is 23.5 Å². The number of sulfonamides is 1. The molecule has 2 rings (SSSR count). The summed E-state index contributed by atoms with van der Waals surface area (Å²) in [4.78, 5) is 10.5. The molecule has 9 heteroatoms. The molecular formula is C12H9BrFNO4S2. The third kappa shape index (κ3) is 3.42. The summed E-state index contributed by atoms with van der Waals surface area (Å²) in [6, 6.07) is 5.03. The first-order valence-corrected chi connectivity index (χ1v) is 8.61. The molecule has 0 spiro atoms. The molecule has 0 radical (unpaired) electrons. The normalized spacial score (nSPS) is 11.4. The summed E-state index contributed by atoms with van der Waals surface area (Å²) >= 11 is 3.78. The number of aryl methyl sites for hydroxylation is 1. The van der Waals surface area contributed by atoms with Crippen molar-refractivity contribution in [3.8, 4) is 0 Å². The van der Waals surface area contributed by atoms with Gasteiger partial charge in [0.05, 0.1) is 9.47 Å². The Bertz CT molecular complexity index is 817. The summed E-state index contributed by atoms with van der Waals surface area (Å²) in [6.45, 7) is 1.69. The predicted octanol–water partition coefficient (Wildman–Crippen LogP) is 3.46. The number of anilines is 1. The van der Waals surface area contributed by atoms with Crippen LogP contribution in [0.5, 0.6) is 0 Å². The molecule has 0 saturated carbocycles. The van der Waals surface area contributed by atoms with E-state index in [1.807, 2.05) is 0 Å². The predicted molar refractivity (Wildman–Crippen MR) is 80.9 cm³/mol. The zero-order chi connectivity index (χ0) is 15.8. The second-order valence-corrected chi connectivity index (χ2v) is 8.16. The van der Waals surface area contributed by atoms with Gasteiger partial charge in [-0.15, -0.1) is 11.3 Å². The van der Waals surface area contributed by atoms with E-state index in [9.17, 15) is 17.6 Å². The SMILES string of the molecule is Cc1ccc(F)c(NS(=O)(=O)c2cc(C(=O)O)sc2Br)c1. The van der Waals surface area contributed by atoms with Crippen LogP contribution in [0.4, 0.5) is 10.1 Å². The number of thiophene rings is 1. The van der Waals surface area contributed by atoms with Crippen molar-refractivity contribution in [2.45, 2.75) is 11.8 Å². The minimum absolute atomic E-state index is 0.132. The zero-order valence-corrected chi connectivity index (χ0v) is 13.8. The van der Waals surface area contributed by atoms with Gasteiger partial charge in [-0.3, -0.25) is 4.72 Å². The smallest absolute Gasteiger partial charge is 0.345 e. The highest BCUT2D eigenvalue weighted by Crippen LogP contribution is 2.33. The fourth-order valence-electron chi connectivity index (χ4n) is 1.56. The quantitative estimate of drug-likeness (QED) is 0.832. The number of carboxylic acids is 1. The van der Waals surface area contributed by atoms with Gasteiger partial charge in [0.1, 0.15) is 15.6 Å². The molecular weight excluding hydrogens is 385 g/mol. The summed E-state index contributed by atoms with van der Waals surface area (Å²) in [7, 11) is -4.09. The van der Waals surface area contributed by atoms with Crippen LogP contribution in [0.1, 0.15) is 15.2 Å². The molecule has 0 amide bonds. The highest BCUT2D eigenvalue weighted by atomic mass is 79.9. The van der Waals surface area contributed by atoms with Crippen molar-refractivity contribution < 1.29 is 22.7 Å². The molecule has 0 bridgehead atoms. The van der Waals surface area contributed by atoms with Gasteiger partial charge in [-0.1, -0.05) is 6.07 Å². The largest absolute Gasteiger partial charge is 0.477 e. The molecule has 2 N–H and O–H groups in total. The van der Waals surface area contributed by atoms with E-state index in [-0.39, 0.29) is 19.2 Å². The molecule has 0 atom stereocenters. The Morgan fingerprint density at radius 1 is 1.38 bits per heavy atom. The number of rotatable bonds is 4. The van der Waals surface area contributed by atoms with Crippen molar-refractivity contribution in [2.24, 2.45) is 0 Å². The second-order valence-electron chi connectivity index (χ2n) is 4.14. The Kier molecular flexibility index (Phi) is 4.35. The lowest BCUT2D eigenvalue weighted by Crippen LogP contribution is -2.14. The number of carboxylic acid groups (broad SMARTS) is 1. The molecule has 0 saturated heterocycles. The first-order valence-electron chi connectivity index (χ1n) is 5.52. The molecule has 0 unspecified atom stereocenters. The van der Waals surface area contributed by atoms with Crippen LogP contribution in [-0.2, 0) is 10.0 Å². The Morgan fingerprint density at radius 2 is 2.05 bits per heavy atom. The first kappa shape index (κ1) is 15.9. The number of carbonyl (C=O) groups is 1. The van der Waals surface area contributed by atoms with Crippen molar-refractivity contribution >= 4 is 48.9 Å². The van der Waals surface area contributed by atoms with Crippen LogP contribution in [0.15, 0.2) is 32.9 Å². The Hall–Kier alpha value is -1.45. The highest BCUT2D eigenvalue weighted by Gasteiger charge is 2.24. The van der Waals surface area contributed by atoms with Crippen LogP contribution in [0.2, 0.25) is 0 Å². The lowest BCUT2D eigenvalue weighted by Gasteiger charge is -2.08. The van der Waals surface area contributed by atoms with Crippen molar-refractivity contribution in [3.05, 3.63) is 44.3 Å². The third-order valence-corrected chi connectivity index (χ3v) is 6.13. The second kappa shape index (κ2) is 5.74. The minimum atomic E-state index is -4.09. The van der Waals surface area contributed by atoms with Crippen LogP contribution in [-0.4, -0.2) is 19.5 Å². The van der Waals surface area contributed by atoms with Gasteiger partial charge in [0.25, 0.3) is 10.0 Å². The van der Waals surface area contributed by atoms with E-state index in [1.54, 1.807) is 6.92 Å². The summed E-state index contributed by atoms with van der Waals surface area (Å²) in [5, 5.41) is 8.87. The number of aromatic carboxylic acids is 1. The fourth-order valence-corrected chi connectivity index (χ4v) is 5.02.